The summed E-state index contributed by atoms with van der Waals surface area (Å²) >= 11 is 0. The second kappa shape index (κ2) is 8.37. The molecule has 1 atom stereocenters. The van der Waals surface area contributed by atoms with E-state index in [1.54, 1.807) is 0 Å². The Morgan fingerprint density at radius 1 is 1.08 bits per heavy atom. The van der Waals surface area contributed by atoms with Gasteiger partial charge in [-0.1, -0.05) is 19.1 Å². The average molecular weight is 400 g/mol. The molecule has 0 aromatic heterocycles. The normalized spacial score (nSPS) is 32.2. The van der Waals surface area contributed by atoms with Crippen LogP contribution in [0.25, 0.3) is 0 Å². The average Bonchev–Trinajstić information content (AvgIpc) is 2.54. The van der Waals surface area contributed by atoms with E-state index in [4.69, 9.17) is 5.73 Å². The van der Waals surface area contributed by atoms with Crippen LogP contribution in [0, 0.1) is 23.7 Å². The fourth-order valence-electron chi connectivity index (χ4n) is 5.61. The summed E-state index contributed by atoms with van der Waals surface area (Å²) in [5, 5.41) is 6.93. The Kier molecular flexibility index (Phi) is 6.86. The lowest BCUT2D eigenvalue weighted by Gasteiger charge is -2.57. The van der Waals surface area contributed by atoms with E-state index in [2.05, 4.69) is 16.7 Å². The number of hydrogen-bond donors (Lipinski definition) is 3. The monoisotopic (exact) mass is 399 g/mol. The molecule has 26 heavy (non-hydrogen) atoms. The van der Waals surface area contributed by atoms with Crippen molar-refractivity contribution >= 4 is 42.1 Å². The number of rotatable bonds is 5. The lowest BCUT2D eigenvalue weighted by atomic mass is 9.53. The SMILES string of the molecule is CC(CN)C(=O)Nc1ccccc1NC12CC3CC(CC(C3)C1)C2.Cl.Cl. The highest BCUT2D eigenvalue weighted by Crippen LogP contribution is 2.56. The van der Waals surface area contributed by atoms with Gasteiger partial charge in [-0.15, -0.1) is 24.8 Å². The summed E-state index contributed by atoms with van der Waals surface area (Å²) in [6.07, 6.45) is 8.19. The Balaban J connectivity index is 0.00000121. The Bertz CT molecular complexity index is 602. The Hall–Kier alpha value is -0.970. The van der Waals surface area contributed by atoms with Crippen molar-refractivity contribution in [1.29, 1.82) is 0 Å². The van der Waals surface area contributed by atoms with Crippen LogP contribution in [0.3, 0.4) is 0 Å². The van der Waals surface area contributed by atoms with Crippen molar-refractivity contribution in [2.45, 2.75) is 51.0 Å². The summed E-state index contributed by atoms with van der Waals surface area (Å²) < 4.78 is 0. The van der Waals surface area contributed by atoms with Gasteiger partial charge in [0.25, 0.3) is 0 Å². The molecule has 0 saturated heterocycles. The van der Waals surface area contributed by atoms with E-state index >= 15 is 0 Å². The number of hydrogen-bond acceptors (Lipinski definition) is 3. The predicted molar refractivity (Wildman–Crippen MR) is 112 cm³/mol. The van der Waals surface area contributed by atoms with Gasteiger partial charge in [-0.2, -0.15) is 0 Å². The zero-order valence-electron chi connectivity index (χ0n) is 15.4. The van der Waals surface area contributed by atoms with E-state index in [0.717, 1.165) is 29.1 Å². The molecule has 1 amide bonds. The fraction of sp³-hybridized carbons (Fsp3) is 0.650. The van der Waals surface area contributed by atoms with Crippen LogP contribution in [-0.4, -0.2) is 18.0 Å². The number of carbonyl (C=O) groups excluding carboxylic acids is 1. The van der Waals surface area contributed by atoms with Crippen molar-refractivity contribution in [2.24, 2.45) is 29.4 Å². The van der Waals surface area contributed by atoms with Gasteiger partial charge in [-0.25, -0.2) is 0 Å². The minimum absolute atomic E-state index is 0. The topological polar surface area (TPSA) is 67.2 Å². The highest BCUT2D eigenvalue weighted by atomic mass is 35.5. The molecule has 0 heterocycles. The number of anilines is 2. The Morgan fingerprint density at radius 3 is 2.08 bits per heavy atom. The number of halogens is 2. The number of benzene rings is 1. The molecule has 4 aliphatic rings. The summed E-state index contributed by atoms with van der Waals surface area (Å²) in [6.45, 7) is 2.24. The summed E-state index contributed by atoms with van der Waals surface area (Å²) in [5.41, 5.74) is 7.82. The number of amides is 1. The van der Waals surface area contributed by atoms with Gasteiger partial charge in [0.2, 0.25) is 5.91 Å². The van der Waals surface area contributed by atoms with Crippen LogP contribution in [0.4, 0.5) is 11.4 Å². The Morgan fingerprint density at radius 2 is 1.58 bits per heavy atom. The fourth-order valence-corrected chi connectivity index (χ4v) is 5.61. The maximum absolute atomic E-state index is 12.2. The number of nitrogens with one attached hydrogen (secondary N) is 2. The van der Waals surface area contributed by atoms with Gasteiger partial charge < -0.3 is 16.4 Å². The van der Waals surface area contributed by atoms with E-state index < -0.39 is 0 Å². The number of nitrogens with two attached hydrogens (primary N) is 1. The lowest BCUT2D eigenvalue weighted by molar-refractivity contribution is -0.119. The molecule has 1 unspecified atom stereocenters. The molecule has 1 aromatic carbocycles. The zero-order valence-corrected chi connectivity index (χ0v) is 17.0. The maximum atomic E-state index is 12.2. The molecule has 0 aliphatic heterocycles. The number of para-hydroxylation sites is 2. The van der Waals surface area contributed by atoms with E-state index in [9.17, 15) is 4.79 Å². The molecule has 4 nitrogen and oxygen atoms in total. The first kappa shape index (κ1) is 21.3. The summed E-state index contributed by atoms with van der Waals surface area (Å²) in [7, 11) is 0. The first-order chi connectivity index (χ1) is 11.6. The van der Waals surface area contributed by atoms with E-state index in [1.165, 1.54) is 38.5 Å². The molecular formula is C20H31Cl2N3O. The van der Waals surface area contributed by atoms with Gasteiger partial charge in [-0.3, -0.25) is 4.79 Å². The van der Waals surface area contributed by atoms with Gasteiger partial charge in [0.1, 0.15) is 0 Å². The van der Waals surface area contributed by atoms with Gasteiger partial charge >= 0.3 is 0 Å². The highest BCUT2D eigenvalue weighted by Gasteiger charge is 2.51. The van der Waals surface area contributed by atoms with Gasteiger partial charge in [-0.05, 0) is 68.4 Å². The van der Waals surface area contributed by atoms with Crippen molar-refractivity contribution < 1.29 is 4.79 Å². The molecular weight excluding hydrogens is 369 g/mol. The highest BCUT2D eigenvalue weighted by molar-refractivity contribution is 5.95. The standard InChI is InChI=1S/C20H29N3O.2ClH/c1-13(12-21)19(24)22-17-4-2-3-5-18(17)23-20-9-14-6-15(10-20)8-16(7-14)11-20;;/h2-5,13-16,23H,6-12,21H2,1H3,(H,22,24);2*1H. The van der Waals surface area contributed by atoms with Crippen LogP contribution in [0.2, 0.25) is 0 Å². The Labute approximate surface area is 168 Å². The third kappa shape index (κ3) is 4.13. The quantitative estimate of drug-likeness (QED) is 0.684. The molecule has 4 saturated carbocycles. The maximum Gasteiger partial charge on any atom is 0.228 e. The summed E-state index contributed by atoms with van der Waals surface area (Å²) in [6, 6.07) is 8.11. The lowest BCUT2D eigenvalue weighted by Crippen LogP contribution is -2.54. The van der Waals surface area contributed by atoms with Crippen LogP contribution in [0.5, 0.6) is 0 Å². The second-order valence-electron chi connectivity index (χ2n) is 8.49. The molecule has 4 bridgehead atoms. The molecule has 146 valence electrons. The summed E-state index contributed by atoms with van der Waals surface area (Å²) in [4.78, 5) is 12.2. The first-order valence-electron chi connectivity index (χ1n) is 9.45. The van der Waals surface area contributed by atoms with Crippen molar-refractivity contribution in [3.05, 3.63) is 24.3 Å². The van der Waals surface area contributed by atoms with Crippen LogP contribution >= 0.6 is 24.8 Å². The molecule has 4 aliphatic carbocycles. The van der Waals surface area contributed by atoms with Crippen molar-refractivity contribution in [1.82, 2.24) is 0 Å². The van der Waals surface area contributed by atoms with Crippen LogP contribution < -0.4 is 16.4 Å². The second-order valence-corrected chi connectivity index (χ2v) is 8.49. The van der Waals surface area contributed by atoms with Crippen molar-refractivity contribution in [3.63, 3.8) is 0 Å². The van der Waals surface area contributed by atoms with Gasteiger partial charge in [0.15, 0.2) is 0 Å². The molecule has 6 heteroatoms. The van der Waals surface area contributed by atoms with Gasteiger partial charge in [0, 0.05) is 18.0 Å². The largest absolute Gasteiger partial charge is 0.378 e. The van der Waals surface area contributed by atoms with Crippen LogP contribution in [0.15, 0.2) is 24.3 Å². The third-order valence-electron chi connectivity index (χ3n) is 6.42. The van der Waals surface area contributed by atoms with Gasteiger partial charge in [0.05, 0.1) is 11.4 Å². The van der Waals surface area contributed by atoms with Crippen LogP contribution in [-0.2, 0) is 4.79 Å². The summed E-state index contributed by atoms with van der Waals surface area (Å²) in [5.74, 6) is 2.54. The predicted octanol–water partition coefficient (Wildman–Crippen LogP) is 4.44. The third-order valence-corrected chi connectivity index (χ3v) is 6.42. The zero-order chi connectivity index (χ0) is 16.7. The first-order valence-corrected chi connectivity index (χ1v) is 9.45. The molecule has 0 spiro atoms. The van der Waals surface area contributed by atoms with E-state index in [0.29, 0.717) is 6.54 Å². The molecule has 5 rings (SSSR count). The molecule has 4 N–H and O–H groups in total. The van der Waals surface area contributed by atoms with Crippen LogP contribution in [0.1, 0.15) is 45.4 Å². The van der Waals surface area contributed by atoms with Crippen molar-refractivity contribution in [2.75, 3.05) is 17.2 Å². The minimum atomic E-state index is -0.169. The smallest absolute Gasteiger partial charge is 0.228 e. The molecule has 4 fully saturated rings. The molecule has 0 radical (unpaired) electrons. The van der Waals surface area contributed by atoms with E-state index in [1.807, 2.05) is 25.1 Å². The van der Waals surface area contributed by atoms with E-state index in [-0.39, 0.29) is 42.2 Å². The minimum Gasteiger partial charge on any atom is -0.378 e. The number of carbonyl (C=O) groups is 1. The molecule has 1 aromatic rings. The van der Waals surface area contributed by atoms with Crippen molar-refractivity contribution in [3.8, 4) is 0 Å².